The number of thiophene rings is 1. The third-order valence-electron chi connectivity index (χ3n) is 4.06. The summed E-state index contributed by atoms with van der Waals surface area (Å²) in [7, 11) is -3.66. The lowest BCUT2D eigenvalue weighted by Gasteiger charge is -2.10. The SMILES string of the molecule is CCc1ccc(S(=O)(=O)Nc2ccccc2Cc2nc(-c3ccco3)no2)s1. The van der Waals surface area contributed by atoms with Crippen LogP contribution in [0.1, 0.15) is 23.3 Å². The molecule has 1 N–H and O–H groups in total. The third kappa shape index (κ3) is 3.85. The van der Waals surface area contributed by atoms with Crippen LogP contribution in [0.4, 0.5) is 5.69 Å². The molecule has 0 aliphatic heterocycles. The van der Waals surface area contributed by atoms with E-state index < -0.39 is 10.0 Å². The maximum Gasteiger partial charge on any atom is 0.271 e. The summed E-state index contributed by atoms with van der Waals surface area (Å²) in [4.78, 5) is 5.33. The molecular weight excluding hydrogens is 398 g/mol. The molecule has 0 amide bonds. The first-order valence-corrected chi connectivity index (χ1v) is 10.9. The van der Waals surface area contributed by atoms with Gasteiger partial charge in [0, 0.05) is 4.88 Å². The molecule has 7 nitrogen and oxygen atoms in total. The predicted molar refractivity (Wildman–Crippen MR) is 106 cm³/mol. The quantitative estimate of drug-likeness (QED) is 0.482. The molecule has 144 valence electrons. The summed E-state index contributed by atoms with van der Waals surface area (Å²) in [6.07, 6.45) is 2.62. The molecular formula is C19H17N3O4S2. The van der Waals surface area contributed by atoms with E-state index in [1.54, 1.807) is 30.3 Å². The molecule has 0 unspecified atom stereocenters. The van der Waals surface area contributed by atoms with Gasteiger partial charge in [-0.2, -0.15) is 4.98 Å². The molecule has 3 aromatic heterocycles. The van der Waals surface area contributed by atoms with Crippen LogP contribution in [0.15, 0.2) is 67.9 Å². The number of sulfonamides is 1. The fourth-order valence-electron chi connectivity index (χ4n) is 2.66. The second-order valence-corrected chi connectivity index (χ2v) is 9.08. The Morgan fingerprint density at radius 2 is 1.96 bits per heavy atom. The van der Waals surface area contributed by atoms with E-state index >= 15 is 0 Å². The number of aromatic nitrogens is 2. The Bertz CT molecular complexity index is 1180. The fraction of sp³-hybridized carbons (Fsp3) is 0.158. The smallest absolute Gasteiger partial charge is 0.271 e. The Morgan fingerprint density at radius 3 is 2.71 bits per heavy atom. The molecule has 0 saturated heterocycles. The van der Waals surface area contributed by atoms with Crippen LogP contribution in [0.3, 0.4) is 0 Å². The summed E-state index contributed by atoms with van der Waals surface area (Å²) in [5.41, 5.74) is 1.21. The number of benzene rings is 1. The normalized spacial score (nSPS) is 11.6. The number of hydrogen-bond acceptors (Lipinski definition) is 7. The zero-order chi connectivity index (χ0) is 19.6. The van der Waals surface area contributed by atoms with Crippen molar-refractivity contribution in [2.24, 2.45) is 0 Å². The van der Waals surface area contributed by atoms with Gasteiger partial charge in [-0.3, -0.25) is 4.72 Å². The highest BCUT2D eigenvalue weighted by Gasteiger charge is 2.19. The molecule has 0 aliphatic carbocycles. The van der Waals surface area contributed by atoms with Gasteiger partial charge < -0.3 is 8.94 Å². The number of para-hydroxylation sites is 1. The number of aryl methyl sites for hydroxylation is 1. The number of nitrogens with zero attached hydrogens (tertiary/aromatic N) is 2. The third-order valence-corrected chi connectivity index (χ3v) is 7.15. The first-order chi connectivity index (χ1) is 13.5. The van der Waals surface area contributed by atoms with Gasteiger partial charge in [-0.15, -0.1) is 11.3 Å². The Hall–Kier alpha value is -2.91. The van der Waals surface area contributed by atoms with E-state index in [0.29, 0.717) is 23.2 Å². The van der Waals surface area contributed by atoms with Crippen molar-refractivity contribution in [1.29, 1.82) is 0 Å². The zero-order valence-electron chi connectivity index (χ0n) is 15.0. The van der Waals surface area contributed by atoms with Crippen LogP contribution in [0.5, 0.6) is 0 Å². The monoisotopic (exact) mass is 415 g/mol. The minimum absolute atomic E-state index is 0.289. The summed E-state index contributed by atoms with van der Waals surface area (Å²) in [5, 5.41) is 3.90. The lowest BCUT2D eigenvalue weighted by Crippen LogP contribution is -2.13. The number of hydrogen-bond donors (Lipinski definition) is 1. The van der Waals surface area contributed by atoms with Crippen LogP contribution in [0.2, 0.25) is 0 Å². The van der Waals surface area contributed by atoms with E-state index in [2.05, 4.69) is 14.9 Å². The van der Waals surface area contributed by atoms with Crippen molar-refractivity contribution >= 4 is 27.0 Å². The molecule has 0 spiro atoms. The van der Waals surface area contributed by atoms with Gasteiger partial charge in [0.05, 0.1) is 18.4 Å². The van der Waals surface area contributed by atoms with E-state index in [4.69, 9.17) is 8.94 Å². The molecule has 4 rings (SSSR count). The second-order valence-electron chi connectivity index (χ2n) is 6.00. The molecule has 1 aromatic carbocycles. The molecule has 0 aliphatic rings. The maximum atomic E-state index is 12.7. The standard InChI is InChI=1S/C19H17N3O4S2/c1-2-14-9-10-18(27-14)28(23,24)22-15-7-4-3-6-13(15)12-17-20-19(21-26-17)16-8-5-11-25-16/h3-11,22H,2,12H2,1H3. The van der Waals surface area contributed by atoms with Crippen molar-refractivity contribution in [3.63, 3.8) is 0 Å². The molecule has 0 saturated carbocycles. The first-order valence-electron chi connectivity index (χ1n) is 8.61. The molecule has 9 heteroatoms. The summed E-state index contributed by atoms with van der Waals surface area (Å²) in [6, 6.07) is 14.1. The van der Waals surface area contributed by atoms with Crippen molar-refractivity contribution in [2.45, 2.75) is 24.0 Å². The predicted octanol–water partition coefficient (Wildman–Crippen LogP) is 4.35. The maximum absolute atomic E-state index is 12.7. The molecule has 0 fully saturated rings. The number of anilines is 1. The van der Waals surface area contributed by atoms with Crippen molar-refractivity contribution in [2.75, 3.05) is 4.72 Å². The van der Waals surface area contributed by atoms with Crippen LogP contribution in [0, 0.1) is 0 Å². The summed E-state index contributed by atoms with van der Waals surface area (Å²) >= 11 is 1.27. The highest BCUT2D eigenvalue weighted by atomic mass is 32.2. The van der Waals surface area contributed by atoms with Crippen molar-refractivity contribution in [1.82, 2.24) is 10.1 Å². The first kappa shape index (κ1) is 18.5. The number of nitrogens with one attached hydrogen (secondary N) is 1. The molecule has 4 aromatic rings. The van der Waals surface area contributed by atoms with Crippen LogP contribution in [0.25, 0.3) is 11.6 Å². The Morgan fingerprint density at radius 1 is 1.11 bits per heavy atom. The van der Waals surface area contributed by atoms with E-state index in [9.17, 15) is 8.42 Å². The number of rotatable bonds is 7. The van der Waals surface area contributed by atoms with Crippen molar-refractivity contribution < 1.29 is 17.4 Å². The van der Waals surface area contributed by atoms with Crippen LogP contribution >= 0.6 is 11.3 Å². The van der Waals surface area contributed by atoms with E-state index in [1.165, 1.54) is 17.6 Å². The van der Waals surface area contributed by atoms with Crippen LogP contribution in [-0.2, 0) is 22.9 Å². The average Bonchev–Trinajstić information content (AvgIpc) is 3.44. The van der Waals surface area contributed by atoms with Gasteiger partial charge in [-0.1, -0.05) is 30.3 Å². The lowest BCUT2D eigenvalue weighted by atomic mass is 10.1. The summed E-state index contributed by atoms with van der Waals surface area (Å²) < 4.78 is 39.0. The molecule has 0 atom stereocenters. The highest BCUT2D eigenvalue weighted by molar-refractivity contribution is 7.94. The van der Waals surface area contributed by atoms with Gasteiger partial charge in [0.25, 0.3) is 10.0 Å². The number of furan rings is 1. The van der Waals surface area contributed by atoms with Gasteiger partial charge >= 0.3 is 0 Å². The molecule has 0 bridgehead atoms. The van der Waals surface area contributed by atoms with Gasteiger partial charge in [0.15, 0.2) is 5.76 Å². The Labute approximate surface area is 166 Å². The van der Waals surface area contributed by atoms with Crippen molar-refractivity contribution in [3.05, 3.63) is 71.1 Å². The highest BCUT2D eigenvalue weighted by Crippen LogP contribution is 2.27. The van der Waals surface area contributed by atoms with Crippen molar-refractivity contribution in [3.8, 4) is 11.6 Å². The van der Waals surface area contributed by atoms with Crippen LogP contribution in [-0.4, -0.2) is 18.6 Å². The largest absolute Gasteiger partial charge is 0.461 e. The topological polar surface area (TPSA) is 98.2 Å². The second kappa shape index (κ2) is 7.61. The van der Waals surface area contributed by atoms with Gasteiger partial charge in [0.2, 0.25) is 11.7 Å². The van der Waals surface area contributed by atoms with Crippen LogP contribution < -0.4 is 4.72 Å². The van der Waals surface area contributed by atoms with E-state index in [-0.39, 0.29) is 10.6 Å². The van der Waals surface area contributed by atoms with Gasteiger partial charge in [0.1, 0.15) is 4.21 Å². The average molecular weight is 415 g/mol. The molecule has 28 heavy (non-hydrogen) atoms. The van der Waals surface area contributed by atoms with E-state index in [0.717, 1.165) is 16.9 Å². The lowest BCUT2D eigenvalue weighted by molar-refractivity contribution is 0.384. The minimum Gasteiger partial charge on any atom is -0.461 e. The Kier molecular flexibility index (Phi) is 5.01. The minimum atomic E-state index is -3.66. The zero-order valence-corrected chi connectivity index (χ0v) is 16.6. The van der Waals surface area contributed by atoms with E-state index in [1.807, 2.05) is 25.1 Å². The summed E-state index contributed by atoms with van der Waals surface area (Å²) in [6.45, 7) is 1.99. The molecule has 0 radical (unpaired) electrons. The molecule has 3 heterocycles. The fourth-order valence-corrected chi connectivity index (χ4v) is 5.05. The van der Waals surface area contributed by atoms with Gasteiger partial charge in [-0.25, -0.2) is 8.42 Å². The Balaban J connectivity index is 1.57. The van der Waals surface area contributed by atoms with Gasteiger partial charge in [-0.05, 0) is 42.3 Å². The summed E-state index contributed by atoms with van der Waals surface area (Å²) in [5.74, 6) is 1.22.